The Kier molecular flexibility index (Phi) is 4.24. The van der Waals surface area contributed by atoms with Gasteiger partial charge in [-0.05, 0) is 63.7 Å². The lowest BCUT2D eigenvalue weighted by Gasteiger charge is -2.15. The number of nitrogens with zero attached hydrogens (tertiary/aromatic N) is 3. The normalized spacial score (nSPS) is 16.8. The van der Waals surface area contributed by atoms with Gasteiger partial charge in [-0.2, -0.15) is 5.26 Å². The first kappa shape index (κ1) is 13.1. The van der Waals surface area contributed by atoms with Crippen LogP contribution in [0.3, 0.4) is 0 Å². The first-order valence-electron chi connectivity index (χ1n) is 15.3. The topological polar surface area (TPSA) is 78.2 Å². The second-order valence-electron chi connectivity index (χ2n) is 6.78. The molecule has 0 spiro atoms. The number of carbonyl (C=O) groups is 1. The van der Waals surface area contributed by atoms with Crippen LogP contribution in [0.4, 0.5) is 15.8 Å². The zero-order valence-corrected chi connectivity index (χ0v) is 18.1. The summed E-state index contributed by atoms with van der Waals surface area (Å²) in [6.45, 7) is -2.59. The first-order chi connectivity index (χ1) is 20.3. The third-order valence-corrected chi connectivity index (χ3v) is 4.28. The summed E-state index contributed by atoms with van der Waals surface area (Å²) in [7, 11) is 1.01. The van der Waals surface area contributed by atoms with Crippen molar-refractivity contribution in [1.29, 1.82) is 5.26 Å². The van der Waals surface area contributed by atoms with E-state index in [0.29, 0.717) is 4.90 Å². The number of pyridine rings is 1. The largest absolute Gasteiger partial charge is 0.494 e. The number of halogens is 1. The fraction of sp³-hybridized carbons (Fsp3) is 0.269. The van der Waals surface area contributed by atoms with E-state index in [4.69, 9.17) is 19.8 Å². The van der Waals surface area contributed by atoms with E-state index in [1.165, 1.54) is 6.92 Å². The molecule has 170 valence electrons. The van der Waals surface area contributed by atoms with Crippen LogP contribution in [0.15, 0.2) is 48.5 Å². The van der Waals surface area contributed by atoms with Gasteiger partial charge in [-0.15, -0.1) is 0 Å². The van der Waals surface area contributed by atoms with Crippen LogP contribution in [0.25, 0.3) is 10.9 Å². The molecule has 0 atom stereocenters. The Hall–Kier alpha value is -3.76. The number of hydrogen-bond acceptors (Lipinski definition) is 6. The Morgan fingerprint density at radius 3 is 3.00 bits per heavy atom. The van der Waals surface area contributed by atoms with Gasteiger partial charge in [-0.3, -0.25) is 9.78 Å². The zero-order valence-electron chi connectivity index (χ0n) is 29.1. The highest BCUT2D eigenvalue weighted by Gasteiger charge is 2.16. The predicted molar refractivity (Wildman–Crippen MR) is 128 cm³/mol. The van der Waals surface area contributed by atoms with Crippen molar-refractivity contribution in [1.82, 2.24) is 9.88 Å². The lowest BCUT2D eigenvalue weighted by Crippen LogP contribution is -2.11. The number of nitrogens with one attached hydrogen (secondary N) is 1. The molecule has 0 amide bonds. The van der Waals surface area contributed by atoms with Gasteiger partial charge in [0, 0.05) is 48.6 Å². The van der Waals surface area contributed by atoms with Gasteiger partial charge >= 0.3 is 0 Å². The Labute approximate surface area is 208 Å². The minimum Gasteiger partial charge on any atom is -0.494 e. The minimum atomic E-state index is -2.81. The van der Waals surface area contributed by atoms with Crippen LogP contribution in [-0.4, -0.2) is 42.8 Å². The molecule has 0 saturated heterocycles. The number of likely N-dealkylation sites (N-methyl/N-ethyl adjacent to an activating group) is 1. The Morgan fingerprint density at radius 2 is 2.27 bits per heavy atom. The molecule has 0 bridgehead atoms. The SMILES string of the molecule is [2H]c1nc2c([2H])c(OCC)c(CC(=O)/C=C/C([2H])([2H])N(C)C([2H])([2H])[2H])c([2H])c2c(Nc2c([2H])c([2H])c(F)c(C)c2[2H])c1C#N. The summed E-state index contributed by atoms with van der Waals surface area (Å²) in [6, 6.07) is -1.29. The van der Waals surface area contributed by atoms with Crippen molar-refractivity contribution < 1.29 is 29.0 Å². The number of allylic oxidation sites excluding steroid dienone is 1. The van der Waals surface area contributed by atoms with E-state index < -0.39 is 79.1 Å². The highest BCUT2D eigenvalue weighted by Crippen LogP contribution is 2.34. The smallest absolute Gasteiger partial charge is 0.159 e. The Bertz CT molecular complexity index is 1710. The number of carbonyl (C=O) groups excluding carboxylic acids is 1. The van der Waals surface area contributed by atoms with Crippen LogP contribution in [0.1, 0.15) is 38.7 Å². The van der Waals surface area contributed by atoms with E-state index in [9.17, 15) is 14.4 Å². The molecule has 1 aromatic heterocycles. The van der Waals surface area contributed by atoms with Gasteiger partial charge in [-0.25, -0.2) is 4.39 Å². The van der Waals surface area contributed by atoms with E-state index in [0.717, 1.165) is 19.2 Å². The summed E-state index contributed by atoms with van der Waals surface area (Å²) in [5.74, 6) is -2.13. The average Bonchev–Trinajstić information content (AvgIpc) is 2.95. The van der Waals surface area contributed by atoms with Crippen LogP contribution < -0.4 is 10.1 Å². The third kappa shape index (κ3) is 5.93. The van der Waals surface area contributed by atoms with Gasteiger partial charge in [0.15, 0.2) is 5.78 Å². The number of rotatable bonds is 9. The molecule has 33 heavy (non-hydrogen) atoms. The number of nitriles is 1. The molecule has 0 aliphatic carbocycles. The molecule has 6 nitrogen and oxygen atoms in total. The van der Waals surface area contributed by atoms with E-state index in [2.05, 4.69) is 10.3 Å². The molecule has 0 fully saturated rings. The zero-order chi connectivity index (χ0) is 33.5. The molecule has 3 rings (SSSR count). The standard InChI is InChI=1S/C26H27FN4O2/c1-5-33-25-14-24-22(13-18(25)12-21(32)7-6-10-31(3)4)26(19(15-28)16-29-24)30-20-8-9-23(27)17(2)11-20/h6-9,11,13-14,16H,5,10,12H2,1-4H3,(H,29,30)/b7-6+/i3D3,8D,9D,10D2,11D,13D,14D,16D. The number of ketones is 1. The third-order valence-electron chi connectivity index (χ3n) is 4.28. The monoisotopic (exact) mass is 457 g/mol. The van der Waals surface area contributed by atoms with Crippen LogP contribution in [-0.2, 0) is 11.2 Å². The average molecular weight is 458 g/mol. The maximum Gasteiger partial charge on any atom is 0.159 e. The Morgan fingerprint density at radius 1 is 1.45 bits per heavy atom. The second-order valence-corrected chi connectivity index (χ2v) is 6.78. The second kappa shape index (κ2) is 10.7. The first-order valence-corrected chi connectivity index (χ1v) is 9.78. The van der Waals surface area contributed by atoms with E-state index in [1.54, 1.807) is 13.0 Å². The van der Waals surface area contributed by atoms with Crippen molar-refractivity contribution in [3.8, 4) is 11.8 Å². The predicted octanol–water partition coefficient (Wildman–Crippen LogP) is 4.93. The summed E-state index contributed by atoms with van der Waals surface area (Å²) < 4.78 is 109. The number of aromatic nitrogens is 1. The van der Waals surface area contributed by atoms with Crippen molar-refractivity contribution in [2.75, 3.05) is 32.4 Å². The molecular weight excluding hydrogens is 419 g/mol. The van der Waals surface area contributed by atoms with Gasteiger partial charge in [0.05, 0.1) is 31.6 Å². The molecule has 0 saturated carbocycles. The van der Waals surface area contributed by atoms with E-state index >= 15 is 0 Å². The summed E-state index contributed by atoms with van der Waals surface area (Å²) in [6.07, 6.45) is 0.271. The quantitative estimate of drug-likeness (QED) is 0.459. The summed E-state index contributed by atoms with van der Waals surface area (Å²) in [4.78, 5) is 17.4. The number of benzene rings is 2. The maximum absolute atomic E-state index is 14.4. The number of hydrogen-bond donors (Lipinski definition) is 1. The van der Waals surface area contributed by atoms with Crippen LogP contribution in [0, 0.1) is 24.1 Å². The fourth-order valence-electron chi connectivity index (χ4n) is 2.82. The van der Waals surface area contributed by atoms with Crippen molar-refractivity contribution >= 4 is 28.1 Å². The molecule has 1 N–H and O–H groups in total. The molecule has 3 aromatic rings. The summed E-state index contributed by atoms with van der Waals surface area (Å²) in [5, 5.41) is 12.2. The van der Waals surface area contributed by atoms with Gasteiger partial charge in [-0.1, -0.05) is 6.08 Å². The van der Waals surface area contributed by atoms with Crippen molar-refractivity contribution in [2.45, 2.75) is 20.3 Å². The highest BCUT2D eigenvalue weighted by molar-refractivity contribution is 5.98. The van der Waals surface area contributed by atoms with E-state index in [-0.39, 0.29) is 40.1 Å². The molecule has 0 aliphatic heterocycles. The van der Waals surface area contributed by atoms with Crippen LogP contribution in [0.5, 0.6) is 5.75 Å². The van der Waals surface area contributed by atoms with Gasteiger partial charge < -0.3 is 15.0 Å². The number of anilines is 2. The lowest BCUT2D eigenvalue weighted by atomic mass is 10.0. The van der Waals surface area contributed by atoms with Crippen LogP contribution in [0.2, 0.25) is 0 Å². The molecule has 0 unspecified atom stereocenters. The molecular formula is C26H27FN4O2. The molecule has 0 radical (unpaired) electrons. The van der Waals surface area contributed by atoms with E-state index in [1.807, 2.05) is 0 Å². The molecule has 2 aromatic carbocycles. The molecule has 0 aliphatic rings. The highest BCUT2D eigenvalue weighted by atomic mass is 19.1. The van der Waals surface area contributed by atoms with Gasteiger partial charge in [0.1, 0.15) is 17.6 Å². The molecule has 7 heteroatoms. The maximum atomic E-state index is 14.4. The van der Waals surface area contributed by atoms with Gasteiger partial charge in [0.2, 0.25) is 0 Å². The minimum absolute atomic E-state index is 0.0134. The lowest BCUT2D eigenvalue weighted by molar-refractivity contribution is -0.114. The number of ether oxygens (including phenoxy) is 1. The van der Waals surface area contributed by atoms with Gasteiger partial charge in [0.25, 0.3) is 0 Å². The van der Waals surface area contributed by atoms with Crippen molar-refractivity contribution in [3.05, 3.63) is 71.0 Å². The summed E-state index contributed by atoms with van der Waals surface area (Å²) in [5.41, 5.74) is -1.95. The van der Waals surface area contributed by atoms with Crippen molar-refractivity contribution in [2.24, 2.45) is 0 Å². The summed E-state index contributed by atoms with van der Waals surface area (Å²) >= 11 is 0. The van der Waals surface area contributed by atoms with Crippen molar-refractivity contribution in [3.63, 3.8) is 0 Å². The van der Waals surface area contributed by atoms with Crippen LogP contribution >= 0.6 is 0 Å². The number of fused-ring (bicyclic) bond motifs is 1. The fourth-order valence-corrected chi connectivity index (χ4v) is 2.82. The molecule has 1 heterocycles. The Balaban J connectivity index is 2.30.